The van der Waals surface area contributed by atoms with Crippen LogP contribution in [-0.4, -0.2) is 41.4 Å². The number of aryl methyl sites for hydroxylation is 1. The summed E-state index contributed by atoms with van der Waals surface area (Å²) in [4.78, 5) is 15.6. The summed E-state index contributed by atoms with van der Waals surface area (Å²) in [5.74, 6) is 2.03. The molecular weight excluding hydrogens is 668 g/mol. The molecule has 0 amide bonds. The van der Waals surface area contributed by atoms with Gasteiger partial charge in [-0.25, -0.2) is 5.43 Å². The highest BCUT2D eigenvalue weighted by Gasteiger charge is 2.12. The number of anilines is 4. The Hall–Kier alpha value is -1.93. The number of nitrogens with zero attached hydrogens (tertiary/aromatic N) is 5. The van der Waals surface area contributed by atoms with E-state index in [-0.39, 0.29) is 0 Å². The standard InChI is InChI=1S/C22H24ClI2N7O/c1-5-32(6-2)22-29-20(27-16-8-7-13(3)17(23)11-16)28-21(30-22)31-26-12-14-9-15(24)10-18(25)19(14)33-4/h7-12H,5-6H2,1-4H3,(H2,27,28,29,30,31)/b26-12+. The van der Waals surface area contributed by atoms with E-state index in [1.807, 2.05) is 42.2 Å². The Kier molecular flexibility index (Phi) is 9.32. The third-order valence-corrected chi connectivity index (χ3v) is 6.54. The zero-order valence-corrected chi connectivity index (χ0v) is 23.7. The van der Waals surface area contributed by atoms with E-state index in [1.165, 1.54) is 0 Å². The van der Waals surface area contributed by atoms with Crippen LogP contribution in [0, 0.1) is 14.1 Å². The van der Waals surface area contributed by atoms with Crippen molar-refractivity contribution < 1.29 is 4.74 Å². The molecule has 2 aromatic carbocycles. The summed E-state index contributed by atoms with van der Waals surface area (Å²) < 4.78 is 7.62. The molecule has 1 heterocycles. The Balaban J connectivity index is 1.90. The summed E-state index contributed by atoms with van der Waals surface area (Å²) in [7, 11) is 1.65. The molecule has 0 radical (unpaired) electrons. The lowest BCUT2D eigenvalue weighted by atomic mass is 10.2. The highest BCUT2D eigenvalue weighted by atomic mass is 127. The van der Waals surface area contributed by atoms with Crippen LogP contribution >= 0.6 is 56.8 Å². The molecule has 0 saturated heterocycles. The predicted molar refractivity (Wildman–Crippen MR) is 153 cm³/mol. The number of hydrogen-bond donors (Lipinski definition) is 2. The summed E-state index contributed by atoms with van der Waals surface area (Å²) in [6.07, 6.45) is 1.69. The van der Waals surface area contributed by atoms with Gasteiger partial charge in [0.2, 0.25) is 17.8 Å². The van der Waals surface area contributed by atoms with E-state index in [0.717, 1.165) is 42.8 Å². The molecule has 0 aliphatic carbocycles. The van der Waals surface area contributed by atoms with Crippen LogP contribution in [0.3, 0.4) is 0 Å². The number of hydrazone groups is 1. The van der Waals surface area contributed by atoms with Gasteiger partial charge in [-0.3, -0.25) is 0 Å². The van der Waals surface area contributed by atoms with Gasteiger partial charge in [-0.1, -0.05) is 17.7 Å². The Morgan fingerprint density at radius 3 is 2.48 bits per heavy atom. The number of halogens is 3. The van der Waals surface area contributed by atoms with Gasteiger partial charge in [0.05, 0.1) is 16.9 Å². The van der Waals surface area contributed by atoms with Gasteiger partial charge in [-0.05, 0) is 95.8 Å². The fourth-order valence-electron chi connectivity index (χ4n) is 2.97. The lowest BCUT2D eigenvalue weighted by Gasteiger charge is -2.19. The molecular formula is C22H24ClI2N7O. The van der Waals surface area contributed by atoms with E-state index in [0.29, 0.717) is 22.9 Å². The van der Waals surface area contributed by atoms with Crippen LogP contribution in [0.4, 0.5) is 23.5 Å². The molecule has 0 bridgehead atoms. The van der Waals surface area contributed by atoms with Gasteiger partial charge < -0.3 is 15.0 Å². The van der Waals surface area contributed by atoms with E-state index >= 15 is 0 Å². The van der Waals surface area contributed by atoms with Crippen molar-refractivity contribution >= 4 is 86.5 Å². The van der Waals surface area contributed by atoms with E-state index in [9.17, 15) is 0 Å². The number of benzene rings is 2. The SMILES string of the molecule is CCN(CC)c1nc(N/N=C/c2cc(I)cc(I)c2OC)nc(Nc2ccc(C)c(Cl)c2)n1. The number of hydrogen-bond acceptors (Lipinski definition) is 8. The van der Waals surface area contributed by atoms with Gasteiger partial charge in [0, 0.05) is 32.9 Å². The van der Waals surface area contributed by atoms with Crippen molar-refractivity contribution in [2.24, 2.45) is 5.10 Å². The average molecular weight is 692 g/mol. The molecule has 3 aromatic rings. The third kappa shape index (κ3) is 6.79. The Morgan fingerprint density at radius 1 is 1.09 bits per heavy atom. The smallest absolute Gasteiger partial charge is 0.250 e. The zero-order chi connectivity index (χ0) is 24.0. The van der Waals surface area contributed by atoms with Crippen molar-refractivity contribution in [2.75, 3.05) is 35.8 Å². The highest BCUT2D eigenvalue weighted by Crippen LogP contribution is 2.27. The van der Waals surface area contributed by atoms with E-state index in [1.54, 1.807) is 13.3 Å². The third-order valence-electron chi connectivity index (χ3n) is 4.71. The molecule has 1 aromatic heterocycles. The zero-order valence-electron chi connectivity index (χ0n) is 18.7. The second kappa shape index (κ2) is 12.0. The van der Waals surface area contributed by atoms with Crippen LogP contribution in [-0.2, 0) is 0 Å². The number of ether oxygens (including phenoxy) is 1. The molecule has 0 saturated carbocycles. The first kappa shape index (κ1) is 25.7. The van der Waals surface area contributed by atoms with Gasteiger partial charge in [-0.15, -0.1) is 0 Å². The van der Waals surface area contributed by atoms with Gasteiger partial charge >= 0.3 is 0 Å². The fraction of sp³-hybridized carbons (Fsp3) is 0.273. The Labute approximate surface area is 225 Å². The van der Waals surface area contributed by atoms with Crippen LogP contribution in [0.5, 0.6) is 5.75 Å². The molecule has 33 heavy (non-hydrogen) atoms. The highest BCUT2D eigenvalue weighted by molar-refractivity contribution is 14.1. The van der Waals surface area contributed by atoms with Crippen molar-refractivity contribution in [1.82, 2.24) is 15.0 Å². The summed E-state index contributed by atoms with van der Waals surface area (Å²) >= 11 is 10.8. The monoisotopic (exact) mass is 691 g/mol. The minimum absolute atomic E-state index is 0.322. The summed E-state index contributed by atoms with van der Waals surface area (Å²) in [6, 6.07) is 9.75. The number of aromatic nitrogens is 3. The quantitative estimate of drug-likeness (QED) is 0.160. The first-order valence-corrected chi connectivity index (χ1v) is 12.7. The maximum Gasteiger partial charge on any atom is 0.250 e. The van der Waals surface area contributed by atoms with Crippen molar-refractivity contribution in [3.63, 3.8) is 0 Å². The molecule has 0 spiro atoms. The van der Waals surface area contributed by atoms with Crippen LogP contribution in [0.2, 0.25) is 5.02 Å². The normalized spacial score (nSPS) is 11.0. The molecule has 2 N–H and O–H groups in total. The molecule has 3 rings (SSSR count). The van der Waals surface area contributed by atoms with Crippen molar-refractivity contribution in [3.8, 4) is 5.75 Å². The lowest BCUT2D eigenvalue weighted by molar-refractivity contribution is 0.411. The van der Waals surface area contributed by atoms with Crippen molar-refractivity contribution in [3.05, 3.63) is 53.6 Å². The average Bonchev–Trinajstić information content (AvgIpc) is 2.77. The maximum absolute atomic E-state index is 6.27. The largest absolute Gasteiger partial charge is 0.495 e. The van der Waals surface area contributed by atoms with Crippen LogP contribution in [0.25, 0.3) is 0 Å². The van der Waals surface area contributed by atoms with Gasteiger partial charge in [0.15, 0.2) is 0 Å². The Morgan fingerprint density at radius 2 is 1.82 bits per heavy atom. The molecule has 0 aliphatic rings. The number of nitrogens with one attached hydrogen (secondary N) is 2. The summed E-state index contributed by atoms with van der Waals surface area (Å²) in [6.45, 7) is 7.58. The maximum atomic E-state index is 6.27. The second-order valence-electron chi connectivity index (χ2n) is 6.92. The van der Waals surface area contributed by atoms with Crippen molar-refractivity contribution in [1.29, 1.82) is 0 Å². The van der Waals surface area contributed by atoms with E-state index in [4.69, 9.17) is 16.3 Å². The first-order valence-electron chi connectivity index (χ1n) is 10.2. The minimum atomic E-state index is 0.322. The van der Waals surface area contributed by atoms with Crippen molar-refractivity contribution in [2.45, 2.75) is 20.8 Å². The predicted octanol–water partition coefficient (Wildman–Crippen LogP) is 6.09. The van der Waals surface area contributed by atoms with Gasteiger partial charge in [0.1, 0.15) is 5.75 Å². The molecule has 174 valence electrons. The lowest BCUT2D eigenvalue weighted by Crippen LogP contribution is -2.25. The molecule has 0 aliphatic heterocycles. The minimum Gasteiger partial charge on any atom is -0.495 e. The fourth-order valence-corrected chi connectivity index (χ4v) is 5.26. The number of rotatable bonds is 9. The van der Waals surface area contributed by atoms with E-state index < -0.39 is 0 Å². The van der Waals surface area contributed by atoms with Crippen LogP contribution in [0.1, 0.15) is 25.0 Å². The van der Waals surface area contributed by atoms with Gasteiger partial charge in [0.25, 0.3) is 0 Å². The second-order valence-corrected chi connectivity index (χ2v) is 9.74. The topological polar surface area (TPSA) is 87.6 Å². The molecule has 0 atom stereocenters. The first-order chi connectivity index (χ1) is 15.8. The Bertz CT molecular complexity index is 1160. The molecule has 8 nitrogen and oxygen atoms in total. The summed E-state index contributed by atoms with van der Waals surface area (Å²) in [5.41, 5.74) is 5.57. The van der Waals surface area contributed by atoms with Crippen LogP contribution < -0.4 is 20.4 Å². The summed E-state index contributed by atoms with van der Waals surface area (Å²) in [5, 5.41) is 8.23. The van der Waals surface area contributed by atoms with Gasteiger partial charge in [-0.2, -0.15) is 20.1 Å². The van der Waals surface area contributed by atoms with Crippen LogP contribution in [0.15, 0.2) is 35.4 Å². The molecule has 0 fully saturated rings. The molecule has 11 heteroatoms. The molecule has 0 unspecified atom stereocenters. The number of methoxy groups -OCH3 is 1. The van der Waals surface area contributed by atoms with E-state index in [2.05, 4.69) is 89.8 Å².